The van der Waals surface area contributed by atoms with Crippen LogP contribution in [0.3, 0.4) is 0 Å². The standard InChI is InChI=1S/C17H20O2/c1-2-11-7-8-13-12(9-11)10-15(17(13)19)14-5-3-4-6-16(14)18/h7-9,14-15H,2-6,10H2,1H3. The summed E-state index contributed by atoms with van der Waals surface area (Å²) in [5.74, 6) is 0.430. The largest absolute Gasteiger partial charge is 0.299 e. The first-order valence-electron chi connectivity index (χ1n) is 7.39. The van der Waals surface area contributed by atoms with Crippen LogP contribution in [-0.4, -0.2) is 11.6 Å². The van der Waals surface area contributed by atoms with Crippen LogP contribution in [0.25, 0.3) is 0 Å². The number of carbonyl (C=O) groups is 2. The highest BCUT2D eigenvalue weighted by molar-refractivity contribution is 6.04. The lowest BCUT2D eigenvalue weighted by molar-refractivity contribution is -0.125. The van der Waals surface area contributed by atoms with Gasteiger partial charge < -0.3 is 0 Å². The molecule has 3 rings (SSSR count). The third-order valence-electron chi connectivity index (χ3n) is 4.71. The number of hydrogen-bond acceptors (Lipinski definition) is 2. The van der Waals surface area contributed by atoms with E-state index in [4.69, 9.17) is 0 Å². The van der Waals surface area contributed by atoms with Crippen molar-refractivity contribution >= 4 is 11.6 Å². The third kappa shape index (κ3) is 2.13. The van der Waals surface area contributed by atoms with Gasteiger partial charge in [0.25, 0.3) is 0 Å². The quantitative estimate of drug-likeness (QED) is 0.813. The van der Waals surface area contributed by atoms with Crippen LogP contribution in [0.15, 0.2) is 18.2 Å². The summed E-state index contributed by atoms with van der Waals surface area (Å²) in [6, 6.07) is 6.16. The second-order valence-electron chi connectivity index (χ2n) is 5.84. The molecule has 2 heteroatoms. The van der Waals surface area contributed by atoms with Gasteiger partial charge in [-0.25, -0.2) is 0 Å². The first-order valence-corrected chi connectivity index (χ1v) is 7.39. The maximum atomic E-state index is 12.5. The molecule has 0 spiro atoms. The lowest BCUT2D eigenvalue weighted by atomic mass is 9.77. The van der Waals surface area contributed by atoms with Gasteiger partial charge in [-0.2, -0.15) is 0 Å². The van der Waals surface area contributed by atoms with Crippen molar-refractivity contribution in [1.82, 2.24) is 0 Å². The maximum absolute atomic E-state index is 12.5. The van der Waals surface area contributed by atoms with Crippen LogP contribution in [0.1, 0.15) is 54.1 Å². The molecular weight excluding hydrogens is 236 g/mol. The van der Waals surface area contributed by atoms with Crippen LogP contribution in [0.5, 0.6) is 0 Å². The summed E-state index contributed by atoms with van der Waals surface area (Å²) in [5.41, 5.74) is 3.30. The molecule has 0 aromatic heterocycles. The Morgan fingerprint density at radius 2 is 2.00 bits per heavy atom. The summed E-state index contributed by atoms with van der Waals surface area (Å²) < 4.78 is 0. The zero-order valence-corrected chi connectivity index (χ0v) is 11.4. The molecule has 0 heterocycles. The van der Waals surface area contributed by atoms with E-state index in [2.05, 4.69) is 13.0 Å². The number of fused-ring (bicyclic) bond motifs is 1. The normalized spacial score (nSPS) is 26.6. The molecule has 2 unspecified atom stereocenters. The van der Waals surface area contributed by atoms with E-state index in [1.165, 1.54) is 5.56 Å². The molecule has 0 radical (unpaired) electrons. The van der Waals surface area contributed by atoms with E-state index in [9.17, 15) is 9.59 Å². The molecule has 1 aromatic rings. The molecule has 0 N–H and O–H groups in total. The lowest BCUT2D eigenvalue weighted by Crippen LogP contribution is -2.30. The van der Waals surface area contributed by atoms with Crippen molar-refractivity contribution in [2.24, 2.45) is 11.8 Å². The summed E-state index contributed by atoms with van der Waals surface area (Å²) >= 11 is 0. The Morgan fingerprint density at radius 1 is 1.16 bits per heavy atom. The van der Waals surface area contributed by atoms with Gasteiger partial charge in [0.15, 0.2) is 5.78 Å². The predicted octanol–water partition coefficient (Wildman–Crippen LogP) is 3.36. The molecule has 1 fully saturated rings. The van der Waals surface area contributed by atoms with E-state index in [-0.39, 0.29) is 17.6 Å². The minimum Gasteiger partial charge on any atom is -0.299 e. The molecule has 2 aliphatic rings. The van der Waals surface area contributed by atoms with Crippen molar-refractivity contribution in [3.8, 4) is 0 Å². The summed E-state index contributed by atoms with van der Waals surface area (Å²) in [6.45, 7) is 2.13. The monoisotopic (exact) mass is 256 g/mol. The Balaban J connectivity index is 1.88. The van der Waals surface area contributed by atoms with Crippen LogP contribution >= 0.6 is 0 Å². The summed E-state index contributed by atoms with van der Waals surface area (Å²) in [7, 11) is 0. The highest BCUT2D eigenvalue weighted by atomic mass is 16.1. The van der Waals surface area contributed by atoms with Gasteiger partial charge in [0.2, 0.25) is 0 Å². The van der Waals surface area contributed by atoms with E-state index in [0.29, 0.717) is 12.2 Å². The van der Waals surface area contributed by atoms with Gasteiger partial charge in [0.05, 0.1) is 0 Å². The van der Waals surface area contributed by atoms with Gasteiger partial charge in [0.1, 0.15) is 5.78 Å². The van der Waals surface area contributed by atoms with Crippen LogP contribution in [0.2, 0.25) is 0 Å². The average molecular weight is 256 g/mol. The Bertz CT molecular complexity index is 530. The molecular formula is C17H20O2. The third-order valence-corrected chi connectivity index (χ3v) is 4.71. The molecule has 100 valence electrons. The van der Waals surface area contributed by atoms with Gasteiger partial charge in [0, 0.05) is 23.8 Å². The molecule has 2 aliphatic carbocycles. The van der Waals surface area contributed by atoms with Crippen LogP contribution in [0.4, 0.5) is 0 Å². The van der Waals surface area contributed by atoms with E-state index >= 15 is 0 Å². The minimum atomic E-state index is -0.0742. The highest BCUT2D eigenvalue weighted by Gasteiger charge is 2.40. The molecule has 2 atom stereocenters. The molecule has 2 nitrogen and oxygen atoms in total. The molecule has 1 saturated carbocycles. The van der Waals surface area contributed by atoms with Crippen molar-refractivity contribution in [3.63, 3.8) is 0 Å². The van der Waals surface area contributed by atoms with Gasteiger partial charge >= 0.3 is 0 Å². The zero-order valence-electron chi connectivity index (χ0n) is 11.4. The fourth-order valence-corrected chi connectivity index (χ4v) is 3.57. The average Bonchev–Trinajstić information content (AvgIpc) is 2.76. The predicted molar refractivity (Wildman–Crippen MR) is 74.3 cm³/mol. The van der Waals surface area contributed by atoms with E-state index in [0.717, 1.165) is 43.2 Å². The first kappa shape index (κ1) is 12.6. The number of Topliss-reactive ketones (excluding diaryl/α,β-unsaturated/α-hetero) is 2. The summed E-state index contributed by atoms with van der Waals surface area (Å²) in [5, 5.41) is 0. The fraction of sp³-hybridized carbons (Fsp3) is 0.529. The van der Waals surface area contributed by atoms with Crippen molar-refractivity contribution in [1.29, 1.82) is 0 Å². The SMILES string of the molecule is CCc1ccc2c(c1)CC(C1CCCCC1=O)C2=O. The Morgan fingerprint density at radius 3 is 2.74 bits per heavy atom. The number of benzene rings is 1. The topological polar surface area (TPSA) is 34.1 Å². The Labute approximate surface area is 114 Å². The maximum Gasteiger partial charge on any atom is 0.167 e. The van der Waals surface area contributed by atoms with Crippen LogP contribution in [-0.2, 0) is 17.6 Å². The summed E-state index contributed by atoms with van der Waals surface area (Å²) in [6.07, 6.45) is 5.45. The second-order valence-corrected chi connectivity index (χ2v) is 5.84. The molecule has 0 bridgehead atoms. The van der Waals surface area contributed by atoms with Gasteiger partial charge in [-0.15, -0.1) is 0 Å². The Kier molecular flexibility index (Phi) is 3.26. The number of hydrogen-bond donors (Lipinski definition) is 0. The number of ketones is 2. The molecule has 1 aromatic carbocycles. The molecule has 19 heavy (non-hydrogen) atoms. The molecule has 0 amide bonds. The van der Waals surface area contributed by atoms with Crippen LogP contribution in [0, 0.1) is 11.8 Å². The second kappa shape index (κ2) is 4.92. The molecule has 0 saturated heterocycles. The number of carbonyl (C=O) groups excluding carboxylic acids is 2. The fourth-order valence-electron chi connectivity index (χ4n) is 3.57. The van der Waals surface area contributed by atoms with Crippen molar-refractivity contribution in [2.75, 3.05) is 0 Å². The lowest BCUT2D eigenvalue weighted by Gasteiger charge is -2.24. The zero-order chi connectivity index (χ0) is 13.4. The number of rotatable bonds is 2. The van der Waals surface area contributed by atoms with Crippen LogP contribution < -0.4 is 0 Å². The van der Waals surface area contributed by atoms with Crippen molar-refractivity contribution in [3.05, 3.63) is 34.9 Å². The highest BCUT2D eigenvalue weighted by Crippen LogP contribution is 2.37. The van der Waals surface area contributed by atoms with E-state index < -0.39 is 0 Å². The van der Waals surface area contributed by atoms with Gasteiger partial charge in [-0.3, -0.25) is 9.59 Å². The van der Waals surface area contributed by atoms with Gasteiger partial charge in [-0.1, -0.05) is 31.5 Å². The van der Waals surface area contributed by atoms with E-state index in [1.807, 2.05) is 12.1 Å². The smallest absolute Gasteiger partial charge is 0.167 e. The summed E-state index contributed by atoms with van der Waals surface area (Å²) in [4.78, 5) is 24.5. The van der Waals surface area contributed by atoms with Crippen molar-refractivity contribution in [2.45, 2.75) is 45.4 Å². The first-order chi connectivity index (χ1) is 9.20. The van der Waals surface area contributed by atoms with E-state index in [1.54, 1.807) is 0 Å². The number of aryl methyl sites for hydroxylation is 1. The van der Waals surface area contributed by atoms with Gasteiger partial charge in [-0.05, 0) is 36.8 Å². The Hall–Kier alpha value is -1.44. The molecule has 0 aliphatic heterocycles. The minimum absolute atomic E-state index is 0.0151. The van der Waals surface area contributed by atoms with Crippen molar-refractivity contribution < 1.29 is 9.59 Å².